The molecule has 118 valence electrons. The van der Waals surface area contributed by atoms with Gasteiger partial charge in [0.05, 0.1) is 18.1 Å². The van der Waals surface area contributed by atoms with Gasteiger partial charge >= 0.3 is 5.97 Å². The summed E-state index contributed by atoms with van der Waals surface area (Å²) in [6, 6.07) is 0. The standard InChI is InChI=1S/C16H29FO3/c1-4-5-6-7-12-20-14(19)15(2,3)16(17)10-8-13(18)9-11-16/h13,18H,4-12H2,1-3H3. The van der Waals surface area contributed by atoms with Gasteiger partial charge in [-0.2, -0.15) is 0 Å². The molecule has 0 saturated heterocycles. The largest absolute Gasteiger partial charge is 0.465 e. The molecule has 0 bridgehead atoms. The van der Waals surface area contributed by atoms with Gasteiger partial charge in [-0.1, -0.05) is 26.2 Å². The monoisotopic (exact) mass is 288 g/mol. The van der Waals surface area contributed by atoms with Gasteiger partial charge in [0.15, 0.2) is 0 Å². The van der Waals surface area contributed by atoms with Gasteiger partial charge in [-0.25, -0.2) is 4.39 Å². The lowest BCUT2D eigenvalue weighted by molar-refractivity contribution is -0.167. The van der Waals surface area contributed by atoms with E-state index >= 15 is 0 Å². The summed E-state index contributed by atoms with van der Waals surface area (Å²) in [5, 5.41) is 9.49. The summed E-state index contributed by atoms with van der Waals surface area (Å²) in [6.07, 6.45) is 5.01. The SMILES string of the molecule is CCCCCCOC(=O)C(C)(C)C1(F)CCC(O)CC1. The first-order valence-corrected chi connectivity index (χ1v) is 7.87. The number of halogens is 1. The van der Waals surface area contributed by atoms with E-state index in [0.29, 0.717) is 19.4 Å². The van der Waals surface area contributed by atoms with Gasteiger partial charge in [-0.15, -0.1) is 0 Å². The summed E-state index contributed by atoms with van der Waals surface area (Å²) in [6.45, 7) is 5.75. The number of alkyl halides is 1. The van der Waals surface area contributed by atoms with E-state index in [0.717, 1.165) is 25.7 Å². The maximum absolute atomic E-state index is 15.0. The van der Waals surface area contributed by atoms with E-state index in [1.54, 1.807) is 13.8 Å². The average molecular weight is 288 g/mol. The lowest BCUT2D eigenvalue weighted by Crippen LogP contribution is -2.49. The zero-order valence-electron chi connectivity index (χ0n) is 13.1. The molecule has 1 aliphatic carbocycles. The number of ether oxygens (including phenoxy) is 1. The summed E-state index contributed by atoms with van der Waals surface area (Å²) in [7, 11) is 0. The van der Waals surface area contributed by atoms with Gasteiger partial charge in [0, 0.05) is 0 Å². The van der Waals surface area contributed by atoms with Crippen molar-refractivity contribution in [2.24, 2.45) is 5.41 Å². The smallest absolute Gasteiger partial charge is 0.314 e. The second kappa shape index (κ2) is 7.39. The molecule has 0 radical (unpaired) electrons. The van der Waals surface area contributed by atoms with Gasteiger partial charge in [-0.05, 0) is 46.0 Å². The molecule has 1 fully saturated rings. The van der Waals surface area contributed by atoms with E-state index in [9.17, 15) is 14.3 Å². The second-order valence-corrected chi connectivity index (χ2v) is 6.52. The molecule has 1 aliphatic rings. The molecule has 0 amide bonds. The highest BCUT2D eigenvalue weighted by molar-refractivity contribution is 5.77. The molecule has 0 aromatic carbocycles. The number of aliphatic hydroxyl groups is 1. The van der Waals surface area contributed by atoms with Crippen LogP contribution in [0.5, 0.6) is 0 Å². The lowest BCUT2D eigenvalue weighted by atomic mass is 9.68. The van der Waals surface area contributed by atoms with E-state index in [2.05, 4.69) is 6.92 Å². The third kappa shape index (κ3) is 4.18. The number of hydrogen-bond acceptors (Lipinski definition) is 3. The van der Waals surface area contributed by atoms with Crippen LogP contribution in [0.2, 0.25) is 0 Å². The molecule has 0 aliphatic heterocycles. The van der Waals surface area contributed by atoms with Gasteiger partial charge < -0.3 is 9.84 Å². The molecule has 1 rings (SSSR count). The zero-order valence-corrected chi connectivity index (χ0v) is 13.1. The van der Waals surface area contributed by atoms with Crippen molar-refractivity contribution in [3.8, 4) is 0 Å². The molecule has 0 heterocycles. The average Bonchev–Trinajstić information content (AvgIpc) is 2.41. The van der Waals surface area contributed by atoms with Crippen molar-refractivity contribution in [2.75, 3.05) is 6.61 Å². The van der Waals surface area contributed by atoms with Crippen LogP contribution in [0.1, 0.15) is 72.1 Å². The summed E-state index contributed by atoms with van der Waals surface area (Å²) in [4.78, 5) is 12.2. The topological polar surface area (TPSA) is 46.5 Å². The number of hydrogen-bond donors (Lipinski definition) is 1. The molecular weight excluding hydrogens is 259 g/mol. The van der Waals surface area contributed by atoms with Crippen LogP contribution in [-0.2, 0) is 9.53 Å². The van der Waals surface area contributed by atoms with Gasteiger partial charge in [0.25, 0.3) is 0 Å². The number of unbranched alkanes of at least 4 members (excludes halogenated alkanes) is 3. The fourth-order valence-electron chi connectivity index (χ4n) is 2.74. The molecule has 0 unspecified atom stereocenters. The molecule has 3 nitrogen and oxygen atoms in total. The van der Waals surface area contributed by atoms with Crippen molar-refractivity contribution in [2.45, 2.75) is 83.9 Å². The predicted octanol–water partition coefficient (Wildman–Crippen LogP) is 3.78. The predicted molar refractivity (Wildman–Crippen MR) is 77.2 cm³/mol. The molecule has 0 aromatic rings. The molecule has 0 spiro atoms. The van der Waals surface area contributed by atoms with Crippen LogP contribution in [0.3, 0.4) is 0 Å². The number of carbonyl (C=O) groups excluding carboxylic acids is 1. The van der Waals surface area contributed by atoms with Crippen LogP contribution >= 0.6 is 0 Å². The number of aliphatic hydroxyl groups excluding tert-OH is 1. The second-order valence-electron chi connectivity index (χ2n) is 6.52. The Labute approximate surface area is 121 Å². The Morgan fingerprint density at radius 3 is 2.45 bits per heavy atom. The van der Waals surface area contributed by atoms with Crippen molar-refractivity contribution in [3.63, 3.8) is 0 Å². The Morgan fingerprint density at radius 2 is 1.90 bits per heavy atom. The maximum atomic E-state index is 15.0. The highest BCUT2D eigenvalue weighted by Gasteiger charge is 2.52. The zero-order chi connectivity index (χ0) is 15.2. The van der Waals surface area contributed by atoms with Crippen molar-refractivity contribution in [1.82, 2.24) is 0 Å². The number of rotatable bonds is 7. The normalized spacial score (nSPS) is 27.4. The Bertz CT molecular complexity index is 307. The van der Waals surface area contributed by atoms with E-state index in [1.807, 2.05) is 0 Å². The third-order valence-electron chi connectivity index (χ3n) is 4.61. The van der Waals surface area contributed by atoms with E-state index in [4.69, 9.17) is 4.74 Å². The van der Waals surface area contributed by atoms with Gasteiger partial charge in [0.1, 0.15) is 5.67 Å². The first-order chi connectivity index (χ1) is 9.33. The van der Waals surface area contributed by atoms with E-state index < -0.39 is 23.2 Å². The minimum atomic E-state index is -1.56. The molecule has 4 heteroatoms. The summed E-state index contributed by atoms with van der Waals surface area (Å²) < 4.78 is 20.2. The first kappa shape index (κ1) is 17.4. The minimum Gasteiger partial charge on any atom is -0.465 e. The molecule has 1 saturated carbocycles. The van der Waals surface area contributed by atoms with E-state index in [-0.39, 0.29) is 12.8 Å². The van der Waals surface area contributed by atoms with Crippen molar-refractivity contribution >= 4 is 5.97 Å². The Kier molecular flexibility index (Phi) is 6.44. The quantitative estimate of drug-likeness (QED) is 0.573. The van der Waals surface area contributed by atoms with Crippen LogP contribution < -0.4 is 0 Å². The highest BCUT2D eigenvalue weighted by atomic mass is 19.1. The van der Waals surface area contributed by atoms with Crippen molar-refractivity contribution in [3.05, 3.63) is 0 Å². The van der Waals surface area contributed by atoms with Gasteiger partial charge in [-0.3, -0.25) is 4.79 Å². The van der Waals surface area contributed by atoms with Gasteiger partial charge in [0.2, 0.25) is 0 Å². The Morgan fingerprint density at radius 1 is 1.30 bits per heavy atom. The van der Waals surface area contributed by atoms with Crippen LogP contribution in [-0.4, -0.2) is 29.5 Å². The third-order valence-corrected chi connectivity index (χ3v) is 4.61. The van der Waals surface area contributed by atoms with Crippen LogP contribution in [0.25, 0.3) is 0 Å². The first-order valence-electron chi connectivity index (χ1n) is 7.87. The van der Waals surface area contributed by atoms with Crippen LogP contribution in [0.15, 0.2) is 0 Å². The minimum absolute atomic E-state index is 0.228. The molecule has 20 heavy (non-hydrogen) atoms. The molecule has 1 N–H and O–H groups in total. The van der Waals surface area contributed by atoms with Crippen molar-refractivity contribution in [1.29, 1.82) is 0 Å². The lowest BCUT2D eigenvalue weighted by Gasteiger charge is -2.42. The van der Waals surface area contributed by atoms with Crippen LogP contribution in [0.4, 0.5) is 4.39 Å². The Balaban J connectivity index is 2.47. The fraction of sp³-hybridized carbons (Fsp3) is 0.938. The maximum Gasteiger partial charge on any atom is 0.314 e. The fourth-order valence-corrected chi connectivity index (χ4v) is 2.74. The van der Waals surface area contributed by atoms with Crippen LogP contribution in [0, 0.1) is 5.41 Å². The molecule has 0 atom stereocenters. The summed E-state index contributed by atoms with van der Waals surface area (Å²) in [5.41, 5.74) is -2.70. The number of esters is 1. The summed E-state index contributed by atoms with van der Waals surface area (Å²) in [5.74, 6) is -0.451. The van der Waals surface area contributed by atoms with E-state index in [1.165, 1.54) is 0 Å². The summed E-state index contributed by atoms with van der Waals surface area (Å²) >= 11 is 0. The van der Waals surface area contributed by atoms with Crippen molar-refractivity contribution < 1.29 is 19.0 Å². The Hall–Kier alpha value is -0.640. The molecular formula is C16H29FO3. The highest BCUT2D eigenvalue weighted by Crippen LogP contribution is 2.46. The number of carbonyl (C=O) groups is 1. The molecule has 0 aromatic heterocycles.